The number of sulfonamides is 1. The first-order valence-corrected chi connectivity index (χ1v) is 16.3. The van der Waals surface area contributed by atoms with Crippen molar-refractivity contribution in [3.05, 3.63) is 155 Å². The Balaban J connectivity index is 1.35. The number of anilines is 1. The zero-order valence-corrected chi connectivity index (χ0v) is 26.5. The Morgan fingerprint density at radius 2 is 1.55 bits per heavy atom. The van der Waals surface area contributed by atoms with Crippen molar-refractivity contribution >= 4 is 39.1 Å². The van der Waals surface area contributed by atoms with Crippen LogP contribution in [0.3, 0.4) is 0 Å². The fourth-order valence-electron chi connectivity index (χ4n) is 4.68. The van der Waals surface area contributed by atoms with E-state index in [9.17, 15) is 22.4 Å². The van der Waals surface area contributed by atoms with Crippen molar-refractivity contribution in [3.8, 4) is 5.75 Å². The van der Waals surface area contributed by atoms with Gasteiger partial charge in [-0.2, -0.15) is 0 Å². The molecule has 1 aromatic heterocycles. The van der Waals surface area contributed by atoms with Gasteiger partial charge in [0.1, 0.15) is 17.6 Å². The highest BCUT2D eigenvalue weighted by atomic mass is 35.5. The van der Waals surface area contributed by atoms with Crippen LogP contribution in [0.15, 0.2) is 133 Å². The number of nitrogens with zero attached hydrogens (tertiary/aromatic N) is 2. The van der Waals surface area contributed by atoms with Gasteiger partial charge in [0.15, 0.2) is 6.61 Å². The number of carbonyl (C=O) groups excluding carboxylic acids is 2. The number of hydrogen-bond donors (Lipinski definition) is 2. The Bertz CT molecular complexity index is 1900. The van der Waals surface area contributed by atoms with Gasteiger partial charge in [-0.3, -0.25) is 19.3 Å². The van der Waals surface area contributed by atoms with Crippen LogP contribution in [0, 0.1) is 5.82 Å². The predicted octanol–water partition coefficient (Wildman–Crippen LogP) is 6.14. The molecule has 12 heteroatoms. The third-order valence-corrected chi connectivity index (χ3v) is 8.69. The van der Waals surface area contributed by atoms with Gasteiger partial charge in [-0.15, -0.1) is 0 Å². The summed E-state index contributed by atoms with van der Waals surface area (Å²) >= 11 is 6.10. The number of benzene rings is 4. The molecule has 2 N–H and O–H groups in total. The first-order valence-electron chi connectivity index (χ1n) is 14.4. The Morgan fingerprint density at radius 1 is 0.851 bits per heavy atom. The van der Waals surface area contributed by atoms with E-state index >= 15 is 0 Å². The number of halogens is 2. The van der Waals surface area contributed by atoms with Crippen LogP contribution in [0.25, 0.3) is 0 Å². The minimum Gasteiger partial charge on any atom is -0.484 e. The largest absolute Gasteiger partial charge is 0.484 e. The van der Waals surface area contributed by atoms with Gasteiger partial charge in [0.2, 0.25) is 5.91 Å². The topological polar surface area (TPSA) is 118 Å². The van der Waals surface area contributed by atoms with Gasteiger partial charge in [-0.1, -0.05) is 60.1 Å². The van der Waals surface area contributed by atoms with Crippen molar-refractivity contribution in [2.75, 3.05) is 11.3 Å². The first-order chi connectivity index (χ1) is 22.7. The number of nitrogens with one attached hydrogen (secondary N) is 2. The highest BCUT2D eigenvalue weighted by Crippen LogP contribution is 2.26. The van der Waals surface area contributed by atoms with E-state index in [1.54, 1.807) is 67.0 Å². The Morgan fingerprint density at radius 3 is 2.21 bits per heavy atom. The lowest BCUT2D eigenvalue weighted by Crippen LogP contribution is -2.45. The molecular weight excluding hydrogens is 643 g/mol. The molecule has 0 aliphatic rings. The summed E-state index contributed by atoms with van der Waals surface area (Å²) in [4.78, 5) is 33.1. The second-order valence-corrected chi connectivity index (χ2v) is 12.5. The molecule has 47 heavy (non-hydrogen) atoms. The minimum atomic E-state index is -3.96. The van der Waals surface area contributed by atoms with Gasteiger partial charge < -0.3 is 15.0 Å². The summed E-state index contributed by atoms with van der Waals surface area (Å²) in [7, 11) is -3.96. The maximum atomic E-state index is 13.9. The lowest BCUT2D eigenvalue weighted by molar-refractivity contribution is -0.143. The van der Waals surface area contributed by atoms with Gasteiger partial charge in [-0.05, 0) is 83.4 Å². The number of amides is 2. The zero-order chi connectivity index (χ0) is 33.2. The quantitative estimate of drug-likeness (QED) is 0.155. The zero-order valence-electron chi connectivity index (χ0n) is 24.9. The summed E-state index contributed by atoms with van der Waals surface area (Å²) in [6.07, 6.45) is 3.29. The lowest BCUT2D eigenvalue weighted by atomic mass is 10.0. The summed E-state index contributed by atoms with van der Waals surface area (Å²) in [5.74, 6) is -1.13. The van der Waals surface area contributed by atoms with E-state index in [2.05, 4.69) is 15.0 Å². The molecule has 0 saturated carbocycles. The standard InChI is InChI=1S/C35H30ClFN4O5S/c36-28-10-8-25(9-11-28)23-41(34(27-6-2-1-3-7-27)35(43)39-22-26-5-4-20-38-21-26)33(42)24-46-31-16-18-32(19-17-31)47(44,45)40-30-14-12-29(37)13-15-30/h1-21,34,40H,22-24H2,(H,39,43)/t34-/m1/s1. The van der Waals surface area contributed by atoms with Crippen molar-refractivity contribution < 1.29 is 27.1 Å². The van der Waals surface area contributed by atoms with E-state index in [-0.39, 0.29) is 29.4 Å². The predicted molar refractivity (Wildman–Crippen MR) is 176 cm³/mol. The summed E-state index contributed by atoms with van der Waals surface area (Å²) < 4.78 is 47.0. The van der Waals surface area contributed by atoms with Gasteiger partial charge in [0, 0.05) is 36.2 Å². The first kappa shape index (κ1) is 33.1. The monoisotopic (exact) mass is 672 g/mol. The normalized spacial score (nSPS) is 11.7. The van der Waals surface area contributed by atoms with Crippen molar-refractivity contribution in [1.29, 1.82) is 0 Å². The molecule has 0 fully saturated rings. The molecule has 0 unspecified atom stereocenters. The Kier molecular flexibility index (Phi) is 10.8. The fraction of sp³-hybridized carbons (Fsp3) is 0.114. The molecule has 240 valence electrons. The van der Waals surface area contributed by atoms with Crippen LogP contribution >= 0.6 is 11.6 Å². The maximum Gasteiger partial charge on any atom is 0.261 e. The highest BCUT2D eigenvalue weighted by Gasteiger charge is 2.32. The number of rotatable bonds is 13. The van der Waals surface area contributed by atoms with Crippen molar-refractivity contribution in [2.45, 2.75) is 24.0 Å². The van der Waals surface area contributed by atoms with Crippen LogP contribution in [0.5, 0.6) is 5.75 Å². The molecule has 0 spiro atoms. The molecule has 0 aliphatic heterocycles. The molecule has 0 aliphatic carbocycles. The van der Waals surface area contributed by atoms with Crippen LogP contribution in [-0.2, 0) is 32.7 Å². The molecule has 0 radical (unpaired) electrons. The Labute approximate surface area is 277 Å². The SMILES string of the molecule is O=C(NCc1cccnc1)[C@@H](c1ccccc1)N(Cc1ccc(Cl)cc1)C(=O)COc1ccc(S(=O)(=O)Nc2ccc(F)cc2)cc1. The number of ether oxygens (including phenoxy) is 1. The molecule has 1 heterocycles. The van der Waals surface area contributed by atoms with E-state index in [1.807, 2.05) is 12.1 Å². The van der Waals surface area contributed by atoms with E-state index < -0.39 is 40.3 Å². The smallest absolute Gasteiger partial charge is 0.261 e. The maximum absolute atomic E-state index is 13.9. The highest BCUT2D eigenvalue weighted by molar-refractivity contribution is 7.92. The van der Waals surface area contributed by atoms with E-state index in [0.717, 1.165) is 23.3 Å². The molecular formula is C35H30ClFN4O5S. The second-order valence-electron chi connectivity index (χ2n) is 10.4. The van der Waals surface area contributed by atoms with Crippen LogP contribution < -0.4 is 14.8 Å². The minimum absolute atomic E-state index is 0.0562. The van der Waals surface area contributed by atoms with Crippen molar-refractivity contribution in [2.24, 2.45) is 0 Å². The number of carbonyl (C=O) groups is 2. The fourth-order valence-corrected chi connectivity index (χ4v) is 5.87. The number of pyridine rings is 1. The molecule has 4 aromatic carbocycles. The summed E-state index contributed by atoms with van der Waals surface area (Å²) in [6, 6.07) is 28.9. The van der Waals surface area contributed by atoms with Crippen LogP contribution in [-0.4, -0.2) is 36.7 Å². The summed E-state index contributed by atoms with van der Waals surface area (Å²) in [5, 5.41) is 3.46. The van der Waals surface area contributed by atoms with E-state index in [4.69, 9.17) is 16.3 Å². The molecule has 5 rings (SSSR count). The Hall–Kier alpha value is -5.26. The van der Waals surface area contributed by atoms with Crippen molar-refractivity contribution in [3.63, 3.8) is 0 Å². The molecule has 5 aromatic rings. The van der Waals surface area contributed by atoms with Gasteiger partial charge in [0.25, 0.3) is 15.9 Å². The van der Waals surface area contributed by atoms with E-state index in [0.29, 0.717) is 10.6 Å². The average molecular weight is 673 g/mol. The van der Waals surface area contributed by atoms with Crippen LogP contribution in [0.4, 0.5) is 10.1 Å². The molecule has 9 nitrogen and oxygen atoms in total. The number of aromatic nitrogens is 1. The lowest BCUT2D eigenvalue weighted by Gasteiger charge is -2.31. The van der Waals surface area contributed by atoms with Gasteiger partial charge in [-0.25, -0.2) is 12.8 Å². The van der Waals surface area contributed by atoms with Crippen molar-refractivity contribution in [1.82, 2.24) is 15.2 Å². The molecule has 2 amide bonds. The third kappa shape index (κ3) is 9.15. The molecule has 0 saturated heterocycles. The van der Waals surface area contributed by atoms with Crippen LogP contribution in [0.1, 0.15) is 22.7 Å². The van der Waals surface area contributed by atoms with Gasteiger partial charge in [0.05, 0.1) is 4.90 Å². The average Bonchev–Trinajstić information content (AvgIpc) is 3.09. The molecule has 1 atom stereocenters. The van der Waals surface area contributed by atoms with Crippen LogP contribution in [0.2, 0.25) is 5.02 Å². The van der Waals surface area contributed by atoms with E-state index in [1.165, 1.54) is 41.3 Å². The summed E-state index contributed by atoms with van der Waals surface area (Å²) in [5.41, 5.74) is 2.34. The summed E-state index contributed by atoms with van der Waals surface area (Å²) in [6.45, 7) is -0.154. The molecule has 0 bridgehead atoms. The van der Waals surface area contributed by atoms with Gasteiger partial charge >= 0.3 is 0 Å². The number of hydrogen-bond acceptors (Lipinski definition) is 6. The third-order valence-electron chi connectivity index (χ3n) is 7.04. The second kappa shape index (κ2) is 15.4.